The van der Waals surface area contributed by atoms with E-state index in [0.717, 1.165) is 35.5 Å². The summed E-state index contributed by atoms with van der Waals surface area (Å²) in [7, 11) is 1.69. The minimum atomic E-state index is -0.881. The van der Waals surface area contributed by atoms with Crippen molar-refractivity contribution >= 4 is 40.6 Å². The van der Waals surface area contributed by atoms with E-state index >= 15 is 0 Å². The van der Waals surface area contributed by atoms with Crippen LogP contribution in [0.25, 0.3) is 6.08 Å². The summed E-state index contributed by atoms with van der Waals surface area (Å²) in [6, 6.07) is 22.6. The van der Waals surface area contributed by atoms with Crippen molar-refractivity contribution < 1.29 is 24.2 Å². The second-order valence-electron chi connectivity index (χ2n) is 9.16. The van der Waals surface area contributed by atoms with Crippen LogP contribution in [0.5, 0.6) is 11.5 Å². The minimum Gasteiger partial charge on any atom is -0.490 e. The highest BCUT2D eigenvalue weighted by Crippen LogP contribution is 2.33. The fourth-order valence-corrected chi connectivity index (χ4v) is 4.90. The second kappa shape index (κ2) is 13.2. The lowest BCUT2D eigenvalue weighted by molar-refractivity contribution is -0.136. The van der Waals surface area contributed by atoms with Crippen molar-refractivity contribution in [2.45, 2.75) is 45.8 Å². The van der Waals surface area contributed by atoms with E-state index in [9.17, 15) is 9.59 Å². The van der Waals surface area contributed by atoms with E-state index in [-0.39, 0.29) is 18.4 Å². The molecule has 1 saturated heterocycles. The zero-order valence-electron chi connectivity index (χ0n) is 22.3. The number of amidine groups is 1. The SMILES string of the molecule is CCC(CC)Oc1ccc(COc2ccc(/C=C3\SC(=Nc4ccc(CC(=O)O)cc4)N(C)C3=O)cc2)cc1. The van der Waals surface area contributed by atoms with Crippen molar-refractivity contribution in [1.29, 1.82) is 0 Å². The first-order valence-electron chi connectivity index (χ1n) is 12.9. The molecule has 0 spiro atoms. The lowest BCUT2D eigenvalue weighted by Crippen LogP contribution is -2.23. The molecule has 1 aliphatic rings. The molecule has 1 amide bonds. The van der Waals surface area contributed by atoms with E-state index in [1.165, 1.54) is 16.7 Å². The van der Waals surface area contributed by atoms with Crippen LogP contribution >= 0.6 is 11.8 Å². The van der Waals surface area contributed by atoms with Gasteiger partial charge in [0.05, 0.1) is 23.1 Å². The van der Waals surface area contributed by atoms with Crippen LogP contribution in [0.3, 0.4) is 0 Å². The molecular formula is C31H32N2O5S. The monoisotopic (exact) mass is 544 g/mol. The van der Waals surface area contributed by atoms with Crippen LogP contribution in [-0.2, 0) is 22.6 Å². The van der Waals surface area contributed by atoms with E-state index in [0.29, 0.717) is 27.9 Å². The zero-order chi connectivity index (χ0) is 27.8. The predicted molar refractivity (Wildman–Crippen MR) is 155 cm³/mol. The number of hydrogen-bond donors (Lipinski definition) is 1. The first-order chi connectivity index (χ1) is 18.8. The van der Waals surface area contributed by atoms with E-state index in [1.807, 2.05) is 54.6 Å². The number of nitrogens with zero attached hydrogens (tertiary/aromatic N) is 2. The number of carbonyl (C=O) groups excluding carboxylic acids is 1. The summed E-state index contributed by atoms with van der Waals surface area (Å²) in [5, 5.41) is 9.48. The van der Waals surface area contributed by atoms with Crippen molar-refractivity contribution in [2.24, 2.45) is 4.99 Å². The van der Waals surface area contributed by atoms with Crippen molar-refractivity contribution in [2.75, 3.05) is 7.05 Å². The number of thioether (sulfide) groups is 1. The Labute approximate surface area is 233 Å². The lowest BCUT2D eigenvalue weighted by Gasteiger charge is -2.15. The predicted octanol–water partition coefficient (Wildman–Crippen LogP) is 6.69. The Morgan fingerprint density at radius 2 is 1.56 bits per heavy atom. The summed E-state index contributed by atoms with van der Waals surface area (Å²) < 4.78 is 11.9. The van der Waals surface area contributed by atoms with Gasteiger partial charge in [-0.3, -0.25) is 14.5 Å². The van der Waals surface area contributed by atoms with Gasteiger partial charge in [0, 0.05) is 7.05 Å². The van der Waals surface area contributed by atoms with Crippen LogP contribution < -0.4 is 9.47 Å². The molecule has 3 aromatic rings. The van der Waals surface area contributed by atoms with Gasteiger partial charge in [-0.05, 0) is 83.8 Å². The van der Waals surface area contributed by atoms with Crippen molar-refractivity contribution in [3.8, 4) is 11.5 Å². The van der Waals surface area contributed by atoms with Crippen LogP contribution in [-0.4, -0.2) is 40.2 Å². The smallest absolute Gasteiger partial charge is 0.307 e. The van der Waals surface area contributed by atoms with E-state index in [4.69, 9.17) is 14.6 Å². The van der Waals surface area contributed by atoms with Crippen LogP contribution in [0, 0.1) is 0 Å². The van der Waals surface area contributed by atoms with E-state index < -0.39 is 5.97 Å². The number of carbonyl (C=O) groups is 2. The first-order valence-corrected chi connectivity index (χ1v) is 13.7. The Balaban J connectivity index is 1.35. The maximum atomic E-state index is 12.8. The van der Waals surface area contributed by atoms with Crippen LogP contribution in [0.15, 0.2) is 82.7 Å². The van der Waals surface area contributed by atoms with Gasteiger partial charge in [-0.15, -0.1) is 0 Å². The molecule has 0 unspecified atom stereocenters. The zero-order valence-corrected chi connectivity index (χ0v) is 23.1. The maximum Gasteiger partial charge on any atom is 0.307 e. The number of aliphatic imine (C=N–C) groups is 1. The quantitative estimate of drug-likeness (QED) is 0.271. The Bertz CT molecular complexity index is 1350. The van der Waals surface area contributed by atoms with Gasteiger partial charge < -0.3 is 14.6 Å². The van der Waals surface area contributed by atoms with Crippen LogP contribution in [0.1, 0.15) is 43.4 Å². The number of amides is 1. The number of hydrogen-bond acceptors (Lipinski definition) is 6. The van der Waals surface area contributed by atoms with E-state index in [2.05, 4.69) is 18.8 Å². The standard InChI is InChI=1S/C31H32N2O5S/c1-4-25(5-2)38-27-16-10-23(11-17-27)20-37-26-14-8-21(9-15-26)18-28-30(36)33(3)31(39-28)32-24-12-6-22(7-13-24)19-29(34)35/h6-18,25H,4-5,19-20H2,1-3H3,(H,34,35)/b28-18-,32-31?. The molecule has 1 N–H and O–H groups in total. The maximum absolute atomic E-state index is 12.8. The molecule has 1 heterocycles. The van der Waals surface area contributed by atoms with Gasteiger partial charge >= 0.3 is 5.97 Å². The van der Waals surface area contributed by atoms with Gasteiger partial charge in [-0.2, -0.15) is 0 Å². The fraction of sp³-hybridized carbons (Fsp3) is 0.258. The molecule has 1 fully saturated rings. The van der Waals surface area contributed by atoms with E-state index in [1.54, 1.807) is 31.3 Å². The number of carboxylic acids is 1. The third kappa shape index (κ3) is 7.74. The third-order valence-corrected chi connectivity index (χ3v) is 7.30. The molecule has 7 nitrogen and oxygen atoms in total. The number of rotatable bonds is 11. The topological polar surface area (TPSA) is 88.4 Å². The molecule has 39 heavy (non-hydrogen) atoms. The second-order valence-corrected chi connectivity index (χ2v) is 10.2. The molecule has 0 radical (unpaired) electrons. The van der Waals surface area contributed by atoms with Crippen molar-refractivity contribution in [3.05, 3.63) is 94.4 Å². The van der Waals surface area contributed by atoms with Gasteiger partial charge in [0.25, 0.3) is 5.91 Å². The summed E-state index contributed by atoms with van der Waals surface area (Å²) in [6.07, 6.45) is 4.00. The molecule has 0 aromatic heterocycles. The largest absolute Gasteiger partial charge is 0.490 e. The average molecular weight is 545 g/mol. The van der Waals surface area contributed by atoms with Gasteiger partial charge in [-0.1, -0.05) is 50.2 Å². The van der Waals surface area contributed by atoms with Crippen molar-refractivity contribution in [1.82, 2.24) is 4.90 Å². The molecule has 8 heteroatoms. The van der Waals surface area contributed by atoms with Gasteiger partial charge in [-0.25, -0.2) is 4.99 Å². The Kier molecular flexibility index (Phi) is 9.44. The molecule has 202 valence electrons. The lowest BCUT2D eigenvalue weighted by atomic mass is 10.1. The van der Waals surface area contributed by atoms with Gasteiger partial charge in [0.15, 0.2) is 5.17 Å². The Hall–Kier alpha value is -4.04. The molecular weight excluding hydrogens is 512 g/mol. The molecule has 4 rings (SSSR count). The molecule has 0 aliphatic carbocycles. The molecule has 0 saturated carbocycles. The summed E-state index contributed by atoms with van der Waals surface area (Å²) in [6.45, 7) is 4.70. The highest BCUT2D eigenvalue weighted by atomic mass is 32.2. The fourth-order valence-electron chi connectivity index (χ4n) is 3.92. The number of likely N-dealkylation sites (N-methyl/N-ethyl adjacent to an activating group) is 1. The van der Waals surface area contributed by atoms with Crippen LogP contribution in [0.4, 0.5) is 5.69 Å². The third-order valence-electron chi connectivity index (χ3n) is 6.24. The molecule has 0 bridgehead atoms. The number of ether oxygens (including phenoxy) is 2. The summed E-state index contributed by atoms with van der Waals surface area (Å²) in [5.74, 6) is 0.605. The highest BCUT2D eigenvalue weighted by molar-refractivity contribution is 8.18. The number of carboxylic acid groups (broad SMARTS) is 1. The summed E-state index contributed by atoms with van der Waals surface area (Å²) >= 11 is 1.30. The average Bonchev–Trinajstić information content (AvgIpc) is 3.20. The first kappa shape index (κ1) is 28.0. The van der Waals surface area contributed by atoms with Gasteiger partial charge in [0.2, 0.25) is 0 Å². The minimum absolute atomic E-state index is 0.0399. The normalized spacial score (nSPS) is 15.4. The molecule has 3 aromatic carbocycles. The summed E-state index contributed by atoms with van der Waals surface area (Å²) in [4.78, 5) is 30.3. The highest BCUT2D eigenvalue weighted by Gasteiger charge is 2.30. The summed E-state index contributed by atoms with van der Waals surface area (Å²) in [5.41, 5.74) is 3.29. The van der Waals surface area contributed by atoms with Crippen LogP contribution in [0.2, 0.25) is 0 Å². The number of aliphatic carboxylic acids is 1. The molecule has 1 aliphatic heterocycles. The number of benzene rings is 3. The Morgan fingerprint density at radius 3 is 2.18 bits per heavy atom. The van der Waals surface area contributed by atoms with Gasteiger partial charge in [0.1, 0.15) is 18.1 Å². The Morgan fingerprint density at radius 1 is 0.949 bits per heavy atom. The molecule has 0 atom stereocenters. The van der Waals surface area contributed by atoms with Crippen molar-refractivity contribution in [3.63, 3.8) is 0 Å².